The molecular formula is C15H15N5. The van der Waals surface area contributed by atoms with E-state index in [2.05, 4.69) is 20.3 Å². The number of benzene rings is 1. The lowest BCUT2D eigenvalue weighted by Gasteiger charge is -2.11. The van der Waals surface area contributed by atoms with E-state index < -0.39 is 0 Å². The number of nitrogens with zero attached hydrogens (tertiary/aromatic N) is 3. The van der Waals surface area contributed by atoms with Crippen molar-refractivity contribution in [2.24, 2.45) is 0 Å². The summed E-state index contributed by atoms with van der Waals surface area (Å²) in [5.74, 6) is 0.764. The first-order valence-corrected chi connectivity index (χ1v) is 6.39. The Morgan fingerprint density at radius 1 is 1.10 bits per heavy atom. The summed E-state index contributed by atoms with van der Waals surface area (Å²) in [5, 5.41) is 4.26. The predicted octanol–water partition coefficient (Wildman–Crippen LogP) is 2.53. The van der Waals surface area contributed by atoms with Crippen molar-refractivity contribution in [3.8, 4) is 0 Å². The van der Waals surface area contributed by atoms with Crippen LogP contribution < -0.4 is 11.1 Å². The van der Waals surface area contributed by atoms with Gasteiger partial charge in [0.25, 0.3) is 0 Å². The average Bonchev–Trinajstić information content (AvgIpc) is 2.47. The minimum atomic E-state index is 0.610. The maximum atomic E-state index is 6.18. The zero-order valence-corrected chi connectivity index (χ0v) is 11.2. The second-order valence-corrected chi connectivity index (χ2v) is 4.55. The highest BCUT2D eigenvalue weighted by Crippen LogP contribution is 2.27. The van der Waals surface area contributed by atoms with Crippen LogP contribution in [0.4, 0.5) is 11.4 Å². The highest BCUT2D eigenvalue weighted by molar-refractivity contribution is 5.96. The molecule has 0 amide bonds. The fourth-order valence-corrected chi connectivity index (χ4v) is 2.12. The zero-order chi connectivity index (χ0) is 13.9. The molecule has 0 fully saturated rings. The van der Waals surface area contributed by atoms with Gasteiger partial charge in [-0.2, -0.15) is 0 Å². The third kappa shape index (κ3) is 2.38. The number of hydrogen-bond donors (Lipinski definition) is 2. The molecule has 5 heteroatoms. The van der Waals surface area contributed by atoms with Crippen molar-refractivity contribution < 1.29 is 0 Å². The molecule has 0 saturated heterocycles. The van der Waals surface area contributed by atoms with Crippen molar-refractivity contribution in [1.29, 1.82) is 0 Å². The lowest BCUT2D eigenvalue weighted by molar-refractivity contribution is 0.956. The minimum absolute atomic E-state index is 0.610. The summed E-state index contributed by atoms with van der Waals surface area (Å²) in [7, 11) is 0. The van der Waals surface area contributed by atoms with Gasteiger partial charge in [0.05, 0.1) is 29.1 Å². The normalized spacial score (nSPS) is 10.7. The molecule has 1 aromatic carbocycles. The molecule has 0 radical (unpaired) electrons. The molecule has 0 aliphatic heterocycles. The van der Waals surface area contributed by atoms with Crippen molar-refractivity contribution in [2.75, 3.05) is 11.1 Å². The fourth-order valence-electron chi connectivity index (χ4n) is 2.12. The molecule has 0 spiro atoms. The first kappa shape index (κ1) is 12.3. The monoisotopic (exact) mass is 265 g/mol. The standard InChI is InChI=1S/C15H15N5/c1-10-17-8-6-11(20-10)9-19-14-5-4-13-12(15(14)16)3-2-7-18-13/h2-8,19H,9,16H2,1H3. The molecule has 0 bridgehead atoms. The fraction of sp³-hybridized carbons (Fsp3) is 0.133. The van der Waals surface area contributed by atoms with E-state index >= 15 is 0 Å². The van der Waals surface area contributed by atoms with E-state index in [1.165, 1.54) is 0 Å². The molecule has 0 unspecified atom stereocenters. The second kappa shape index (κ2) is 5.13. The quantitative estimate of drug-likeness (QED) is 0.712. The maximum absolute atomic E-state index is 6.18. The lowest BCUT2D eigenvalue weighted by Crippen LogP contribution is -2.05. The van der Waals surface area contributed by atoms with E-state index in [-0.39, 0.29) is 0 Å². The Labute approximate surface area is 116 Å². The Hall–Kier alpha value is -2.69. The SMILES string of the molecule is Cc1nccc(CNc2ccc3ncccc3c2N)n1. The number of fused-ring (bicyclic) bond motifs is 1. The number of nitrogen functional groups attached to an aromatic ring is 1. The van der Waals surface area contributed by atoms with Gasteiger partial charge in [0, 0.05) is 17.8 Å². The molecule has 0 aliphatic rings. The largest absolute Gasteiger partial charge is 0.397 e. The molecule has 0 aliphatic carbocycles. The lowest BCUT2D eigenvalue weighted by atomic mass is 10.1. The first-order chi connectivity index (χ1) is 9.74. The van der Waals surface area contributed by atoms with E-state index in [4.69, 9.17) is 5.73 Å². The Bertz CT molecular complexity index is 754. The van der Waals surface area contributed by atoms with Gasteiger partial charge in [-0.15, -0.1) is 0 Å². The summed E-state index contributed by atoms with van der Waals surface area (Å²) in [6.45, 7) is 2.49. The summed E-state index contributed by atoms with van der Waals surface area (Å²) in [4.78, 5) is 12.7. The highest BCUT2D eigenvalue weighted by Gasteiger charge is 2.05. The molecule has 2 heterocycles. The molecule has 3 N–H and O–H groups in total. The molecule has 0 atom stereocenters. The van der Waals surface area contributed by atoms with Gasteiger partial charge in [0.15, 0.2) is 0 Å². The summed E-state index contributed by atoms with van der Waals surface area (Å²) in [5.41, 5.74) is 9.61. The van der Waals surface area contributed by atoms with Gasteiger partial charge in [-0.1, -0.05) is 0 Å². The van der Waals surface area contributed by atoms with Crippen molar-refractivity contribution in [3.05, 3.63) is 54.2 Å². The smallest absolute Gasteiger partial charge is 0.125 e. The Kier molecular flexibility index (Phi) is 3.16. The number of anilines is 2. The second-order valence-electron chi connectivity index (χ2n) is 4.55. The van der Waals surface area contributed by atoms with E-state index in [0.717, 1.165) is 28.1 Å². The van der Waals surface area contributed by atoms with Crippen molar-refractivity contribution in [3.63, 3.8) is 0 Å². The highest BCUT2D eigenvalue weighted by atomic mass is 14.9. The zero-order valence-electron chi connectivity index (χ0n) is 11.2. The minimum Gasteiger partial charge on any atom is -0.397 e. The number of hydrogen-bond acceptors (Lipinski definition) is 5. The third-order valence-corrected chi connectivity index (χ3v) is 3.12. The molecular weight excluding hydrogens is 250 g/mol. The van der Waals surface area contributed by atoms with Crippen molar-refractivity contribution in [2.45, 2.75) is 13.5 Å². The van der Waals surface area contributed by atoms with Crippen LogP contribution in [0.1, 0.15) is 11.5 Å². The van der Waals surface area contributed by atoms with Crippen LogP contribution in [0.25, 0.3) is 10.9 Å². The van der Waals surface area contributed by atoms with Crippen molar-refractivity contribution in [1.82, 2.24) is 15.0 Å². The van der Waals surface area contributed by atoms with Gasteiger partial charge in [0.2, 0.25) is 0 Å². The summed E-state index contributed by atoms with van der Waals surface area (Å²) in [6, 6.07) is 9.64. The Balaban J connectivity index is 1.86. The molecule has 3 aromatic rings. The third-order valence-electron chi connectivity index (χ3n) is 3.12. The van der Waals surface area contributed by atoms with Crippen LogP contribution >= 0.6 is 0 Å². The molecule has 3 rings (SSSR count). The van der Waals surface area contributed by atoms with Gasteiger partial charge < -0.3 is 11.1 Å². The van der Waals surface area contributed by atoms with Crippen LogP contribution in [0.3, 0.4) is 0 Å². The molecule has 0 saturated carbocycles. The van der Waals surface area contributed by atoms with Gasteiger partial charge >= 0.3 is 0 Å². The summed E-state index contributed by atoms with van der Waals surface area (Å²) in [6.07, 6.45) is 3.52. The molecule has 20 heavy (non-hydrogen) atoms. The topological polar surface area (TPSA) is 76.7 Å². The van der Waals surface area contributed by atoms with Gasteiger partial charge in [-0.25, -0.2) is 9.97 Å². The van der Waals surface area contributed by atoms with Crippen LogP contribution in [0, 0.1) is 6.92 Å². The van der Waals surface area contributed by atoms with E-state index in [1.807, 2.05) is 37.3 Å². The number of aryl methyl sites for hydroxylation is 1. The molecule has 5 nitrogen and oxygen atoms in total. The predicted molar refractivity (Wildman–Crippen MR) is 80.3 cm³/mol. The number of nitrogens with one attached hydrogen (secondary N) is 1. The van der Waals surface area contributed by atoms with Crippen LogP contribution in [-0.4, -0.2) is 15.0 Å². The Morgan fingerprint density at radius 3 is 2.85 bits per heavy atom. The van der Waals surface area contributed by atoms with E-state index in [1.54, 1.807) is 12.4 Å². The number of rotatable bonds is 3. The maximum Gasteiger partial charge on any atom is 0.125 e. The number of pyridine rings is 1. The molecule has 2 aromatic heterocycles. The van der Waals surface area contributed by atoms with Crippen LogP contribution in [0.5, 0.6) is 0 Å². The molecule has 100 valence electrons. The average molecular weight is 265 g/mol. The van der Waals surface area contributed by atoms with Crippen LogP contribution in [0.15, 0.2) is 42.7 Å². The van der Waals surface area contributed by atoms with E-state index in [9.17, 15) is 0 Å². The van der Waals surface area contributed by atoms with E-state index in [0.29, 0.717) is 12.2 Å². The summed E-state index contributed by atoms with van der Waals surface area (Å²) < 4.78 is 0. The summed E-state index contributed by atoms with van der Waals surface area (Å²) >= 11 is 0. The van der Waals surface area contributed by atoms with Gasteiger partial charge in [-0.05, 0) is 37.3 Å². The number of nitrogens with two attached hydrogens (primary N) is 1. The van der Waals surface area contributed by atoms with Gasteiger partial charge in [-0.3, -0.25) is 4.98 Å². The Morgan fingerprint density at radius 2 is 2.00 bits per heavy atom. The van der Waals surface area contributed by atoms with Crippen LogP contribution in [-0.2, 0) is 6.54 Å². The first-order valence-electron chi connectivity index (χ1n) is 6.39. The van der Waals surface area contributed by atoms with Crippen molar-refractivity contribution >= 4 is 22.3 Å². The van der Waals surface area contributed by atoms with Gasteiger partial charge in [0.1, 0.15) is 5.82 Å². The number of aromatic nitrogens is 3. The van der Waals surface area contributed by atoms with Crippen LogP contribution in [0.2, 0.25) is 0 Å².